The summed E-state index contributed by atoms with van der Waals surface area (Å²) in [5.74, 6) is 2.01. The highest BCUT2D eigenvalue weighted by Gasteiger charge is 2.58. The van der Waals surface area contributed by atoms with Gasteiger partial charge in [-0.1, -0.05) is 159 Å². The minimum atomic E-state index is -3.09. The lowest BCUT2D eigenvalue weighted by Gasteiger charge is -2.41. The molecule has 0 atom stereocenters. The molecule has 0 bridgehead atoms. The largest absolute Gasteiger partial charge is 0.511 e. The second-order valence-electron chi connectivity index (χ2n) is 14.0. The van der Waals surface area contributed by atoms with Gasteiger partial charge in [-0.25, -0.2) is 0 Å². The summed E-state index contributed by atoms with van der Waals surface area (Å²) in [5.41, 5.74) is 7.38. The molecule has 4 nitrogen and oxygen atoms in total. The van der Waals surface area contributed by atoms with Gasteiger partial charge in [-0.15, -0.1) is 0 Å². The summed E-state index contributed by atoms with van der Waals surface area (Å²) in [4.78, 5) is 0. The molecule has 0 spiro atoms. The van der Waals surface area contributed by atoms with E-state index in [1.54, 1.807) is 0 Å². The van der Waals surface area contributed by atoms with Crippen LogP contribution in [0.15, 0.2) is 146 Å². The Morgan fingerprint density at radius 2 is 0.706 bits per heavy atom. The summed E-state index contributed by atoms with van der Waals surface area (Å²) >= 11 is 0. The molecule has 0 aromatic heterocycles. The fourth-order valence-electron chi connectivity index (χ4n) is 8.47. The zero-order valence-electron chi connectivity index (χ0n) is 28.9. The molecule has 51 heavy (non-hydrogen) atoms. The second-order valence-corrected chi connectivity index (χ2v) is 17.5. The fourth-order valence-corrected chi connectivity index (χ4v) is 13.3. The molecular weight excluding hydrogens is 645 g/mol. The predicted octanol–water partition coefficient (Wildman–Crippen LogP) is 12.6. The number of hydrogen-bond donors (Lipinski definition) is 2. The van der Waals surface area contributed by atoms with Crippen LogP contribution in [0.3, 0.4) is 0 Å². The quantitative estimate of drug-likeness (QED) is 0.141. The van der Waals surface area contributed by atoms with Crippen LogP contribution in [-0.2, 0) is 0 Å². The van der Waals surface area contributed by atoms with Crippen molar-refractivity contribution in [2.24, 2.45) is 0 Å². The van der Waals surface area contributed by atoms with Crippen LogP contribution in [0.2, 0.25) is 11.1 Å². The summed E-state index contributed by atoms with van der Waals surface area (Å²) in [6, 6.07) is 48.3. The van der Waals surface area contributed by atoms with Crippen LogP contribution >= 0.6 is 0 Å². The molecule has 0 aliphatic heterocycles. The Hall–Kier alpha value is -5.26. The van der Waals surface area contributed by atoms with Crippen molar-refractivity contribution in [3.8, 4) is 67.5 Å². The van der Waals surface area contributed by atoms with E-state index in [1.165, 1.54) is 25.7 Å². The van der Waals surface area contributed by atoms with Crippen LogP contribution in [0.25, 0.3) is 44.5 Å². The normalized spacial score (nSPS) is 15.2. The van der Waals surface area contributed by atoms with Gasteiger partial charge in [0, 0.05) is 44.5 Å². The molecule has 2 saturated carbocycles. The Balaban J connectivity index is 1.25. The molecule has 6 aromatic rings. The number of hydrogen-bond acceptors (Lipinski definition) is 4. The number of benzene rings is 6. The summed E-state index contributed by atoms with van der Waals surface area (Å²) in [6.07, 6.45) is 8.99. The van der Waals surface area contributed by atoms with Gasteiger partial charge in [0.25, 0.3) is 0 Å². The number of phenols is 2. The fraction of sp³-hybridized carbons (Fsp3) is 0.217. The number of rotatable bonds is 10. The maximum absolute atomic E-state index is 11.8. The first-order chi connectivity index (χ1) is 25.1. The smallest absolute Gasteiger partial charge is 0.466 e. The predicted molar refractivity (Wildman–Crippen MR) is 209 cm³/mol. The molecule has 0 radical (unpaired) electrons. The van der Waals surface area contributed by atoms with Crippen LogP contribution < -0.4 is 8.85 Å². The maximum atomic E-state index is 11.8. The van der Waals surface area contributed by atoms with Crippen molar-refractivity contribution in [2.45, 2.75) is 62.4 Å². The van der Waals surface area contributed by atoms with Crippen LogP contribution in [0.5, 0.6) is 23.0 Å². The Labute approximate surface area is 302 Å². The minimum Gasteiger partial charge on any atom is -0.511 e. The Bertz CT molecular complexity index is 1950. The van der Waals surface area contributed by atoms with E-state index >= 15 is 0 Å². The molecule has 5 heteroatoms. The van der Waals surface area contributed by atoms with Gasteiger partial charge in [0.15, 0.2) is 0 Å². The van der Waals surface area contributed by atoms with Gasteiger partial charge in [0.2, 0.25) is 0 Å². The zero-order chi connectivity index (χ0) is 34.6. The Morgan fingerprint density at radius 1 is 0.373 bits per heavy atom. The van der Waals surface area contributed by atoms with Crippen molar-refractivity contribution in [3.05, 3.63) is 146 Å². The molecule has 8 rings (SSSR count). The molecule has 2 aliphatic carbocycles. The highest BCUT2D eigenvalue weighted by Crippen LogP contribution is 2.54. The number of aromatic hydroxyl groups is 2. The summed E-state index contributed by atoms with van der Waals surface area (Å²) in [5, 5.41) is 23.5. The highest BCUT2D eigenvalue weighted by atomic mass is 28.4. The third kappa shape index (κ3) is 6.43. The third-order valence-electron chi connectivity index (χ3n) is 11.0. The summed E-state index contributed by atoms with van der Waals surface area (Å²) < 4.78 is 15.2. The van der Waals surface area contributed by atoms with Crippen LogP contribution in [-0.4, -0.2) is 18.8 Å². The molecule has 0 heterocycles. The highest BCUT2D eigenvalue weighted by molar-refractivity contribution is 6.72. The first kappa shape index (κ1) is 32.9. The molecule has 2 fully saturated rings. The SMILES string of the molecule is Oc1c(-c2ccccc2)cccc1-c1ccccc1O[Si](Oc1ccccc1-c1cccc(-c2ccccc2)c1O)(C1CCCC1)C1CCCC1. The van der Waals surface area contributed by atoms with Crippen molar-refractivity contribution in [3.63, 3.8) is 0 Å². The van der Waals surface area contributed by atoms with Crippen LogP contribution in [0.4, 0.5) is 0 Å². The molecule has 0 saturated heterocycles. The van der Waals surface area contributed by atoms with E-state index in [1.807, 2.05) is 121 Å². The van der Waals surface area contributed by atoms with Gasteiger partial charge in [-0.3, -0.25) is 0 Å². The standard InChI is InChI=1S/C46H44O4Si/c47-45-37(33-17-3-1-4-18-33)27-15-29-41(45)39-25-11-13-31-43(39)49-51(35-21-7-8-22-35,36-23-9-10-24-36)50-44-32-14-12-26-40(44)42-30-16-28-38(46(42)48)34-19-5-2-6-20-34/h1-6,11-20,25-32,35-36,47-48H,7-10,21-24H2. The number of para-hydroxylation sites is 4. The van der Waals surface area contributed by atoms with Gasteiger partial charge in [-0.2, -0.15) is 0 Å². The first-order valence-corrected chi connectivity index (χ1v) is 20.4. The van der Waals surface area contributed by atoms with Gasteiger partial charge >= 0.3 is 8.56 Å². The minimum absolute atomic E-state index is 0.244. The monoisotopic (exact) mass is 688 g/mol. The van der Waals surface area contributed by atoms with Crippen molar-refractivity contribution in [1.82, 2.24) is 0 Å². The van der Waals surface area contributed by atoms with E-state index in [2.05, 4.69) is 24.3 Å². The molecule has 6 aromatic carbocycles. The Kier molecular flexibility index (Phi) is 9.38. The van der Waals surface area contributed by atoms with E-state index in [9.17, 15) is 10.2 Å². The summed E-state index contributed by atoms with van der Waals surface area (Å²) in [7, 11) is -3.09. The van der Waals surface area contributed by atoms with Gasteiger partial charge < -0.3 is 19.1 Å². The van der Waals surface area contributed by atoms with Gasteiger partial charge in [0.05, 0.1) is 0 Å². The lowest BCUT2D eigenvalue weighted by molar-refractivity contribution is 0.336. The second kappa shape index (κ2) is 14.5. The van der Waals surface area contributed by atoms with Crippen molar-refractivity contribution < 1.29 is 19.1 Å². The zero-order valence-corrected chi connectivity index (χ0v) is 29.9. The molecule has 0 unspecified atom stereocenters. The molecule has 2 N–H and O–H groups in total. The van der Waals surface area contributed by atoms with Crippen molar-refractivity contribution >= 4 is 8.56 Å². The van der Waals surface area contributed by atoms with E-state index in [-0.39, 0.29) is 11.5 Å². The first-order valence-electron chi connectivity index (χ1n) is 18.4. The average molecular weight is 689 g/mol. The molecule has 256 valence electrons. The van der Waals surface area contributed by atoms with Crippen molar-refractivity contribution in [1.29, 1.82) is 0 Å². The Morgan fingerprint density at radius 3 is 1.12 bits per heavy atom. The maximum Gasteiger partial charge on any atom is 0.466 e. The topological polar surface area (TPSA) is 58.9 Å². The lowest BCUT2D eigenvalue weighted by atomic mass is 9.97. The van der Waals surface area contributed by atoms with Gasteiger partial charge in [-0.05, 0) is 48.9 Å². The lowest BCUT2D eigenvalue weighted by Crippen LogP contribution is -2.56. The van der Waals surface area contributed by atoms with Crippen LogP contribution in [0, 0.1) is 0 Å². The number of phenolic OH excluding ortho intramolecular Hbond substituents is 2. The third-order valence-corrected chi connectivity index (χ3v) is 15.5. The van der Waals surface area contributed by atoms with Crippen LogP contribution in [0.1, 0.15) is 51.4 Å². The molecule has 0 amide bonds. The van der Waals surface area contributed by atoms with E-state index in [0.717, 1.165) is 81.7 Å². The van der Waals surface area contributed by atoms with Gasteiger partial charge in [0.1, 0.15) is 23.0 Å². The van der Waals surface area contributed by atoms with Crippen molar-refractivity contribution in [2.75, 3.05) is 0 Å². The molecular formula is C46H44O4Si. The van der Waals surface area contributed by atoms with E-state index in [4.69, 9.17) is 8.85 Å². The molecule has 2 aliphatic rings. The summed E-state index contributed by atoms with van der Waals surface area (Å²) in [6.45, 7) is 0. The van der Waals surface area contributed by atoms with E-state index in [0.29, 0.717) is 11.1 Å². The van der Waals surface area contributed by atoms with E-state index < -0.39 is 8.56 Å². The average Bonchev–Trinajstić information content (AvgIpc) is 3.93.